The molecular weight excluding hydrogens is 204 g/mol. The molecule has 80 valence electrons. The van der Waals surface area contributed by atoms with Crippen LogP contribution in [-0.2, 0) is 0 Å². The summed E-state index contributed by atoms with van der Waals surface area (Å²) in [4.78, 5) is 15.7. The highest BCUT2D eigenvalue weighted by atomic mass is 16.2. The van der Waals surface area contributed by atoms with Crippen molar-refractivity contribution in [2.75, 3.05) is 5.32 Å². The number of nitrogens with one attached hydrogen (secondary N) is 2. The van der Waals surface area contributed by atoms with Gasteiger partial charge in [0.25, 0.3) is 0 Å². The maximum Gasteiger partial charge on any atom is 0.332 e. The van der Waals surface area contributed by atoms with Crippen LogP contribution in [0.2, 0.25) is 0 Å². The van der Waals surface area contributed by atoms with E-state index in [0.29, 0.717) is 5.82 Å². The van der Waals surface area contributed by atoms with Crippen LogP contribution in [0.25, 0.3) is 0 Å². The summed E-state index contributed by atoms with van der Waals surface area (Å²) in [5, 5.41) is 10.1. The van der Waals surface area contributed by atoms with Gasteiger partial charge in [-0.1, -0.05) is 12.1 Å². The molecule has 2 N–H and O–H groups in total. The van der Waals surface area contributed by atoms with Crippen molar-refractivity contribution in [3.8, 4) is 0 Å². The molecule has 0 saturated heterocycles. The Hall–Kier alpha value is -2.43. The zero-order chi connectivity index (χ0) is 11.4. The quantitative estimate of drug-likeness (QED) is 0.754. The van der Waals surface area contributed by atoms with Crippen LogP contribution in [0.3, 0.4) is 0 Å². The monoisotopic (exact) mass is 214 g/mol. The first kappa shape index (κ1) is 10.1. The van der Waals surface area contributed by atoms with Crippen molar-refractivity contribution in [1.29, 1.82) is 5.41 Å². The number of pyridine rings is 2. The highest BCUT2D eigenvalue weighted by Gasteiger charge is 2.04. The maximum absolute atomic E-state index is 11.7. The highest BCUT2D eigenvalue weighted by molar-refractivity contribution is 5.89. The molecule has 0 spiro atoms. The van der Waals surface area contributed by atoms with Crippen molar-refractivity contribution >= 4 is 11.8 Å². The standard InChI is InChI=1S/C11H10N4O/c12-9-5-2-4-8-15(9)11(16)14-10-6-1-3-7-13-10/h1-8,12H,(H,13,14,16). The number of amides is 1. The largest absolute Gasteiger partial charge is 0.332 e. The van der Waals surface area contributed by atoms with Crippen molar-refractivity contribution in [3.05, 3.63) is 54.3 Å². The average molecular weight is 214 g/mol. The van der Waals surface area contributed by atoms with Crippen LogP contribution in [0.5, 0.6) is 0 Å². The van der Waals surface area contributed by atoms with Gasteiger partial charge in [0.05, 0.1) is 0 Å². The first-order valence-electron chi connectivity index (χ1n) is 4.72. The molecular formula is C11H10N4O. The zero-order valence-electron chi connectivity index (χ0n) is 8.42. The van der Waals surface area contributed by atoms with Crippen molar-refractivity contribution in [2.24, 2.45) is 0 Å². The summed E-state index contributed by atoms with van der Waals surface area (Å²) < 4.78 is 1.20. The molecule has 0 radical (unpaired) electrons. The van der Waals surface area contributed by atoms with Gasteiger partial charge in [-0.15, -0.1) is 0 Å². The van der Waals surface area contributed by atoms with E-state index < -0.39 is 6.03 Å². The second kappa shape index (κ2) is 4.39. The predicted molar refractivity (Wildman–Crippen MR) is 58.9 cm³/mol. The zero-order valence-corrected chi connectivity index (χ0v) is 8.42. The third-order valence-electron chi connectivity index (χ3n) is 1.98. The van der Waals surface area contributed by atoms with Gasteiger partial charge in [-0.2, -0.15) is 0 Å². The SMILES string of the molecule is N=c1ccccn1C(=O)Nc1ccccn1. The fourth-order valence-corrected chi connectivity index (χ4v) is 1.23. The summed E-state index contributed by atoms with van der Waals surface area (Å²) in [6.45, 7) is 0. The van der Waals surface area contributed by atoms with Crippen molar-refractivity contribution in [1.82, 2.24) is 9.55 Å². The molecule has 0 aliphatic carbocycles. The number of hydrogen-bond donors (Lipinski definition) is 2. The molecule has 2 rings (SSSR count). The summed E-state index contributed by atoms with van der Waals surface area (Å²) >= 11 is 0. The molecule has 5 nitrogen and oxygen atoms in total. The molecule has 2 aromatic rings. The van der Waals surface area contributed by atoms with E-state index in [-0.39, 0.29) is 5.49 Å². The third-order valence-corrected chi connectivity index (χ3v) is 1.98. The summed E-state index contributed by atoms with van der Waals surface area (Å²) in [7, 11) is 0. The van der Waals surface area contributed by atoms with E-state index in [9.17, 15) is 4.79 Å². The van der Waals surface area contributed by atoms with E-state index in [1.807, 2.05) is 0 Å². The fraction of sp³-hybridized carbons (Fsp3) is 0. The van der Waals surface area contributed by atoms with Crippen LogP contribution in [0.4, 0.5) is 10.6 Å². The fourth-order valence-electron chi connectivity index (χ4n) is 1.23. The van der Waals surface area contributed by atoms with E-state index in [1.54, 1.807) is 36.5 Å². The molecule has 2 heterocycles. The second-order valence-corrected chi connectivity index (χ2v) is 3.10. The Kier molecular flexibility index (Phi) is 2.77. The molecule has 2 aromatic heterocycles. The number of nitrogens with zero attached hydrogens (tertiary/aromatic N) is 2. The summed E-state index contributed by atoms with van der Waals surface area (Å²) in [5.41, 5.74) is 0.121. The Morgan fingerprint density at radius 2 is 2.06 bits per heavy atom. The Morgan fingerprint density at radius 1 is 1.25 bits per heavy atom. The lowest BCUT2D eigenvalue weighted by molar-refractivity contribution is 0.252. The smallest absolute Gasteiger partial charge is 0.292 e. The molecule has 0 unspecified atom stereocenters. The van der Waals surface area contributed by atoms with Crippen LogP contribution >= 0.6 is 0 Å². The van der Waals surface area contributed by atoms with Gasteiger partial charge >= 0.3 is 6.03 Å². The van der Waals surface area contributed by atoms with E-state index in [0.717, 1.165) is 0 Å². The maximum atomic E-state index is 11.7. The van der Waals surface area contributed by atoms with Crippen LogP contribution in [0, 0.1) is 5.41 Å². The molecule has 16 heavy (non-hydrogen) atoms. The van der Waals surface area contributed by atoms with Crippen molar-refractivity contribution in [3.63, 3.8) is 0 Å². The second-order valence-electron chi connectivity index (χ2n) is 3.10. The molecule has 0 fully saturated rings. The molecule has 0 saturated carbocycles. The van der Waals surface area contributed by atoms with Gasteiger partial charge in [0.15, 0.2) is 0 Å². The number of carbonyl (C=O) groups is 1. The minimum Gasteiger partial charge on any atom is -0.292 e. The Balaban J connectivity index is 2.22. The van der Waals surface area contributed by atoms with Crippen molar-refractivity contribution < 1.29 is 4.79 Å². The first-order chi connectivity index (χ1) is 7.77. The van der Waals surface area contributed by atoms with E-state index in [2.05, 4.69) is 10.3 Å². The topological polar surface area (TPSA) is 70.8 Å². The van der Waals surface area contributed by atoms with Crippen LogP contribution < -0.4 is 10.8 Å². The van der Waals surface area contributed by atoms with Gasteiger partial charge in [-0.05, 0) is 24.3 Å². The van der Waals surface area contributed by atoms with E-state index in [4.69, 9.17) is 5.41 Å². The molecule has 0 aliphatic rings. The lowest BCUT2D eigenvalue weighted by atomic mass is 10.4. The molecule has 5 heteroatoms. The van der Waals surface area contributed by atoms with E-state index >= 15 is 0 Å². The minimum absolute atomic E-state index is 0.121. The first-order valence-corrected chi connectivity index (χ1v) is 4.72. The minimum atomic E-state index is -0.399. The van der Waals surface area contributed by atoms with Crippen LogP contribution in [0.15, 0.2) is 48.8 Å². The summed E-state index contributed by atoms with van der Waals surface area (Å²) in [6.07, 6.45) is 3.12. The normalized spacial score (nSPS) is 9.75. The molecule has 0 atom stereocenters. The number of rotatable bonds is 1. The number of carbonyl (C=O) groups excluding carboxylic acids is 1. The highest BCUT2D eigenvalue weighted by Crippen LogP contribution is 1.99. The third kappa shape index (κ3) is 2.14. The van der Waals surface area contributed by atoms with Gasteiger partial charge < -0.3 is 0 Å². The Morgan fingerprint density at radius 3 is 2.75 bits per heavy atom. The molecule has 1 amide bonds. The molecule has 0 aromatic carbocycles. The summed E-state index contributed by atoms with van der Waals surface area (Å²) in [5.74, 6) is 0.461. The number of hydrogen-bond acceptors (Lipinski definition) is 3. The van der Waals surface area contributed by atoms with Gasteiger partial charge in [0.2, 0.25) is 0 Å². The van der Waals surface area contributed by atoms with Gasteiger partial charge in [0.1, 0.15) is 11.3 Å². The van der Waals surface area contributed by atoms with Crippen LogP contribution in [0.1, 0.15) is 0 Å². The average Bonchev–Trinajstić information content (AvgIpc) is 2.31. The Bertz CT molecular complexity index is 547. The molecule has 0 aliphatic heterocycles. The van der Waals surface area contributed by atoms with Crippen LogP contribution in [-0.4, -0.2) is 15.6 Å². The Labute approximate surface area is 91.9 Å². The van der Waals surface area contributed by atoms with Gasteiger partial charge in [-0.3, -0.25) is 15.3 Å². The summed E-state index contributed by atoms with van der Waals surface area (Å²) in [6, 6.07) is 9.76. The lowest BCUT2D eigenvalue weighted by Crippen LogP contribution is -2.30. The van der Waals surface area contributed by atoms with Gasteiger partial charge in [0, 0.05) is 12.4 Å². The van der Waals surface area contributed by atoms with E-state index in [1.165, 1.54) is 16.8 Å². The van der Waals surface area contributed by atoms with Gasteiger partial charge in [-0.25, -0.2) is 9.78 Å². The number of aromatic nitrogens is 2. The molecule has 0 bridgehead atoms. The number of anilines is 1. The lowest BCUT2D eigenvalue weighted by Gasteiger charge is -2.06. The van der Waals surface area contributed by atoms with Crippen molar-refractivity contribution in [2.45, 2.75) is 0 Å². The predicted octanol–water partition coefficient (Wildman–Crippen LogP) is 1.44.